The van der Waals surface area contributed by atoms with Crippen molar-refractivity contribution >= 4 is 5.71 Å². The first-order valence-corrected chi connectivity index (χ1v) is 5.87. The predicted molar refractivity (Wildman–Crippen MR) is 66.3 cm³/mol. The summed E-state index contributed by atoms with van der Waals surface area (Å²) in [6.45, 7) is 2.63. The lowest BCUT2D eigenvalue weighted by molar-refractivity contribution is -0.579. The lowest BCUT2D eigenvalue weighted by atomic mass is 10.2. The van der Waals surface area contributed by atoms with Crippen LogP contribution < -0.4 is 9.25 Å². The highest BCUT2D eigenvalue weighted by molar-refractivity contribution is 5.54. The van der Waals surface area contributed by atoms with Crippen LogP contribution in [0.2, 0.25) is 0 Å². The summed E-state index contributed by atoms with van der Waals surface area (Å²) in [6, 6.07) is 13.4. The fraction of sp³-hybridized carbons (Fsp3) is 0.143. The van der Waals surface area contributed by atoms with Gasteiger partial charge in [0.05, 0.1) is 12.7 Å². The van der Waals surface area contributed by atoms with Gasteiger partial charge in [-0.25, -0.2) is 0 Å². The van der Waals surface area contributed by atoms with Crippen LogP contribution in [-0.4, -0.2) is 11.7 Å². The number of fused-ring (bicyclic) bond motifs is 1. The standard InChI is InChI=1S/C14H13N2O2/c1-2-17-12-8-6-11(7-9-12)14-15-16-10-4-3-5-13(16)18-14/h3-10H,2H2,1H3/q+1. The summed E-state index contributed by atoms with van der Waals surface area (Å²) >= 11 is 0. The highest BCUT2D eigenvalue weighted by Gasteiger charge is 2.14. The number of pyridine rings is 1. The monoisotopic (exact) mass is 241 g/mol. The fourth-order valence-corrected chi connectivity index (χ4v) is 1.78. The Balaban J connectivity index is 1.98. The number of nitrogens with zero attached hydrogens (tertiary/aromatic N) is 2. The van der Waals surface area contributed by atoms with Gasteiger partial charge in [0.15, 0.2) is 0 Å². The average Bonchev–Trinajstić information content (AvgIpc) is 2.84. The molecular weight excluding hydrogens is 228 g/mol. The molecule has 18 heavy (non-hydrogen) atoms. The smallest absolute Gasteiger partial charge is 0.406 e. The van der Waals surface area contributed by atoms with Gasteiger partial charge in [0.25, 0.3) is 5.89 Å². The summed E-state index contributed by atoms with van der Waals surface area (Å²) in [7, 11) is 0. The van der Waals surface area contributed by atoms with Crippen LogP contribution in [-0.2, 0) is 0 Å². The molecule has 0 aliphatic rings. The van der Waals surface area contributed by atoms with Gasteiger partial charge in [0.1, 0.15) is 5.75 Å². The molecule has 0 N–H and O–H groups in total. The molecule has 4 heteroatoms. The van der Waals surface area contributed by atoms with Crippen LogP contribution in [0.4, 0.5) is 0 Å². The van der Waals surface area contributed by atoms with Crippen LogP contribution >= 0.6 is 0 Å². The number of aromatic nitrogens is 2. The van der Waals surface area contributed by atoms with Crippen LogP contribution in [0.3, 0.4) is 0 Å². The van der Waals surface area contributed by atoms with Gasteiger partial charge in [-0.1, -0.05) is 0 Å². The van der Waals surface area contributed by atoms with Crippen molar-refractivity contribution in [1.29, 1.82) is 0 Å². The van der Waals surface area contributed by atoms with E-state index >= 15 is 0 Å². The molecule has 2 aromatic heterocycles. The van der Waals surface area contributed by atoms with Crippen molar-refractivity contribution in [3.8, 4) is 17.2 Å². The number of ether oxygens (including phenoxy) is 1. The van der Waals surface area contributed by atoms with Crippen molar-refractivity contribution in [2.45, 2.75) is 6.92 Å². The van der Waals surface area contributed by atoms with Crippen LogP contribution in [0, 0.1) is 0 Å². The molecule has 0 saturated carbocycles. The second-order valence-corrected chi connectivity index (χ2v) is 3.85. The summed E-state index contributed by atoms with van der Waals surface area (Å²) in [6.07, 6.45) is 1.86. The molecule has 0 bridgehead atoms. The molecule has 2 heterocycles. The molecule has 90 valence electrons. The summed E-state index contributed by atoms with van der Waals surface area (Å²) in [5.41, 5.74) is 1.66. The minimum Gasteiger partial charge on any atom is -0.494 e. The van der Waals surface area contributed by atoms with Gasteiger partial charge >= 0.3 is 5.71 Å². The van der Waals surface area contributed by atoms with Crippen molar-refractivity contribution in [2.75, 3.05) is 6.61 Å². The van der Waals surface area contributed by atoms with Gasteiger partial charge in [0.2, 0.25) is 6.20 Å². The van der Waals surface area contributed by atoms with Crippen LogP contribution in [0.15, 0.2) is 53.1 Å². The van der Waals surface area contributed by atoms with Gasteiger partial charge < -0.3 is 9.15 Å². The minimum atomic E-state index is 0.601. The molecule has 0 unspecified atom stereocenters. The van der Waals surface area contributed by atoms with Gasteiger partial charge in [-0.05, 0) is 41.8 Å². The minimum absolute atomic E-state index is 0.601. The Morgan fingerprint density at radius 2 is 2.00 bits per heavy atom. The molecule has 0 aliphatic carbocycles. The second kappa shape index (κ2) is 4.49. The van der Waals surface area contributed by atoms with E-state index in [0.717, 1.165) is 17.0 Å². The van der Waals surface area contributed by atoms with Crippen LogP contribution in [0.25, 0.3) is 17.2 Å². The number of benzene rings is 1. The van der Waals surface area contributed by atoms with E-state index in [9.17, 15) is 0 Å². The summed E-state index contributed by atoms with van der Waals surface area (Å²) in [5.74, 6) is 1.45. The molecular formula is C14H13N2O2+. The maximum atomic E-state index is 5.66. The van der Waals surface area contributed by atoms with Crippen LogP contribution in [0.5, 0.6) is 5.75 Å². The maximum Gasteiger partial charge on any atom is 0.406 e. The van der Waals surface area contributed by atoms with Crippen molar-refractivity contribution in [3.05, 3.63) is 48.7 Å². The van der Waals surface area contributed by atoms with Gasteiger partial charge in [0, 0.05) is 16.7 Å². The quantitative estimate of drug-likeness (QED) is 0.661. The zero-order valence-corrected chi connectivity index (χ0v) is 10.0. The van der Waals surface area contributed by atoms with E-state index in [1.807, 2.05) is 55.6 Å². The molecule has 0 aliphatic heterocycles. The Kier molecular flexibility index (Phi) is 2.68. The van der Waals surface area contributed by atoms with Gasteiger partial charge in [-0.3, -0.25) is 0 Å². The van der Waals surface area contributed by atoms with E-state index in [0.29, 0.717) is 12.5 Å². The Hall–Kier alpha value is -2.36. The average molecular weight is 241 g/mol. The zero-order chi connectivity index (χ0) is 12.4. The molecule has 1 aromatic carbocycles. The Labute approximate surface area is 104 Å². The Morgan fingerprint density at radius 3 is 2.72 bits per heavy atom. The van der Waals surface area contributed by atoms with Gasteiger partial charge in [-0.2, -0.15) is 0 Å². The molecule has 0 fully saturated rings. The summed E-state index contributed by atoms with van der Waals surface area (Å²) in [4.78, 5) is 0. The molecule has 0 atom stereocenters. The molecule has 4 nitrogen and oxygen atoms in total. The number of rotatable bonds is 3. The second-order valence-electron chi connectivity index (χ2n) is 3.85. The van der Waals surface area contributed by atoms with Crippen molar-refractivity contribution in [2.24, 2.45) is 0 Å². The first kappa shape index (κ1) is 10.8. The van der Waals surface area contributed by atoms with E-state index in [2.05, 4.69) is 5.10 Å². The Bertz CT molecular complexity index is 626. The number of hydrogen-bond acceptors (Lipinski definition) is 3. The third-order valence-corrected chi connectivity index (χ3v) is 2.62. The third-order valence-electron chi connectivity index (χ3n) is 2.62. The largest absolute Gasteiger partial charge is 0.494 e. The van der Waals surface area contributed by atoms with Gasteiger partial charge in [-0.15, -0.1) is 0 Å². The SMILES string of the molecule is CCOc1ccc(-c2n[n+]3ccccc3o2)cc1. The first-order chi connectivity index (χ1) is 8.86. The maximum absolute atomic E-state index is 5.66. The topological polar surface area (TPSA) is 39.4 Å². The molecule has 0 radical (unpaired) electrons. The molecule has 3 aromatic rings. The predicted octanol–water partition coefficient (Wildman–Crippen LogP) is 2.48. The van der Waals surface area contributed by atoms with Crippen molar-refractivity contribution in [1.82, 2.24) is 5.10 Å². The Morgan fingerprint density at radius 1 is 1.17 bits per heavy atom. The summed E-state index contributed by atoms with van der Waals surface area (Å²) in [5, 5.41) is 4.37. The normalized spacial score (nSPS) is 10.7. The summed E-state index contributed by atoms with van der Waals surface area (Å²) < 4.78 is 12.8. The van der Waals surface area contributed by atoms with E-state index in [1.54, 1.807) is 4.52 Å². The first-order valence-electron chi connectivity index (χ1n) is 5.87. The highest BCUT2D eigenvalue weighted by Crippen LogP contribution is 2.21. The van der Waals surface area contributed by atoms with E-state index in [-0.39, 0.29) is 0 Å². The van der Waals surface area contributed by atoms with Crippen molar-refractivity contribution < 1.29 is 13.7 Å². The van der Waals surface area contributed by atoms with E-state index in [1.165, 1.54) is 0 Å². The molecule has 0 amide bonds. The lowest BCUT2D eigenvalue weighted by Crippen LogP contribution is -2.21. The molecule has 0 spiro atoms. The highest BCUT2D eigenvalue weighted by atomic mass is 16.5. The molecule has 3 rings (SSSR count). The van der Waals surface area contributed by atoms with E-state index in [4.69, 9.17) is 9.15 Å². The van der Waals surface area contributed by atoms with E-state index < -0.39 is 0 Å². The number of hydrogen-bond donors (Lipinski definition) is 0. The molecule has 0 saturated heterocycles. The van der Waals surface area contributed by atoms with Crippen LogP contribution in [0.1, 0.15) is 6.92 Å². The fourth-order valence-electron chi connectivity index (χ4n) is 1.78. The van der Waals surface area contributed by atoms with Crippen molar-refractivity contribution in [3.63, 3.8) is 0 Å². The lowest BCUT2D eigenvalue weighted by Gasteiger charge is -2.01. The zero-order valence-electron chi connectivity index (χ0n) is 10.0. The third kappa shape index (κ3) is 1.93.